The van der Waals surface area contributed by atoms with E-state index in [1.54, 1.807) is 12.4 Å². The number of rotatable bonds is 6. The van der Waals surface area contributed by atoms with E-state index in [1.807, 2.05) is 32.9 Å². The average Bonchev–Trinajstić information content (AvgIpc) is 2.30. The molecule has 0 bridgehead atoms. The zero-order valence-corrected chi connectivity index (χ0v) is 10.6. The molecule has 1 aromatic heterocycles. The Morgan fingerprint density at radius 2 is 2.29 bits per heavy atom. The molecule has 0 saturated heterocycles. The van der Waals surface area contributed by atoms with E-state index in [1.165, 1.54) is 0 Å². The summed E-state index contributed by atoms with van der Waals surface area (Å²) < 4.78 is 5.04. The molecule has 0 fully saturated rings. The summed E-state index contributed by atoms with van der Waals surface area (Å²) in [6.45, 7) is 6.85. The summed E-state index contributed by atoms with van der Waals surface area (Å²) in [5.41, 5.74) is 1.06. The highest BCUT2D eigenvalue weighted by Gasteiger charge is 2.22. The van der Waals surface area contributed by atoms with E-state index < -0.39 is 0 Å². The number of esters is 1. The van der Waals surface area contributed by atoms with Crippen LogP contribution in [0.5, 0.6) is 0 Å². The van der Waals surface area contributed by atoms with Gasteiger partial charge in [0.2, 0.25) is 0 Å². The minimum atomic E-state index is -0.268. The molecular formula is C13H20N2O2. The summed E-state index contributed by atoms with van der Waals surface area (Å²) in [6.07, 6.45) is 3.52. The molecule has 0 aromatic carbocycles. The topological polar surface area (TPSA) is 51.2 Å². The van der Waals surface area contributed by atoms with Gasteiger partial charge in [-0.1, -0.05) is 19.9 Å². The van der Waals surface area contributed by atoms with Gasteiger partial charge >= 0.3 is 5.97 Å². The fraction of sp³-hybridized carbons (Fsp3) is 0.538. The lowest BCUT2D eigenvalue weighted by Gasteiger charge is -2.20. The van der Waals surface area contributed by atoms with E-state index >= 15 is 0 Å². The first-order valence-corrected chi connectivity index (χ1v) is 5.94. The summed E-state index contributed by atoms with van der Waals surface area (Å²) in [5, 5.41) is 3.21. The predicted octanol–water partition coefficient (Wildman–Crippen LogP) is 1.76. The number of carbonyl (C=O) groups is 1. The zero-order chi connectivity index (χ0) is 12.7. The SMILES string of the molecule is CCOC(=O)C(NCc1cccnc1)C(C)C. The Morgan fingerprint density at radius 1 is 1.53 bits per heavy atom. The molecule has 0 radical (unpaired) electrons. The highest BCUT2D eigenvalue weighted by atomic mass is 16.5. The highest BCUT2D eigenvalue weighted by Crippen LogP contribution is 2.06. The Kier molecular flexibility index (Phi) is 5.63. The molecule has 1 heterocycles. The average molecular weight is 236 g/mol. The third kappa shape index (κ3) is 4.53. The van der Waals surface area contributed by atoms with Crippen molar-refractivity contribution in [2.24, 2.45) is 5.92 Å². The Labute approximate surface area is 102 Å². The van der Waals surface area contributed by atoms with Crippen LogP contribution in [-0.2, 0) is 16.1 Å². The first kappa shape index (κ1) is 13.6. The number of nitrogens with zero attached hydrogens (tertiary/aromatic N) is 1. The van der Waals surface area contributed by atoms with Crippen molar-refractivity contribution < 1.29 is 9.53 Å². The van der Waals surface area contributed by atoms with Crippen LogP contribution in [0.2, 0.25) is 0 Å². The molecule has 1 N–H and O–H groups in total. The van der Waals surface area contributed by atoms with Crippen molar-refractivity contribution in [3.8, 4) is 0 Å². The quantitative estimate of drug-likeness (QED) is 0.765. The Bertz CT molecular complexity index is 339. The highest BCUT2D eigenvalue weighted by molar-refractivity contribution is 5.76. The molecule has 4 nitrogen and oxygen atoms in total. The first-order valence-electron chi connectivity index (χ1n) is 5.94. The summed E-state index contributed by atoms with van der Waals surface area (Å²) >= 11 is 0. The standard InChI is InChI=1S/C13H20N2O2/c1-4-17-13(16)12(10(2)3)15-9-11-6-5-7-14-8-11/h5-8,10,12,15H,4,9H2,1-3H3. The minimum Gasteiger partial charge on any atom is -0.465 e. The lowest BCUT2D eigenvalue weighted by molar-refractivity contribution is -0.146. The van der Waals surface area contributed by atoms with Gasteiger partial charge in [-0.25, -0.2) is 0 Å². The molecule has 1 unspecified atom stereocenters. The van der Waals surface area contributed by atoms with Gasteiger partial charge in [-0.3, -0.25) is 9.78 Å². The molecule has 0 saturated carbocycles. The van der Waals surface area contributed by atoms with Crippen molar-refractivity contribution in [1.29, 1.82) is 0 Å². The maximum atomic E-state index is 11.7. The van der Waals surface area contributed by atoms with Crippen molar-refractivity contribution >= 4 is 5.97 Å². The summed E-state index contributed by atoms with van der Waals surface area (Å²) in [5.74, 6) is 0.0112. The zero-order valence-electron chi connectivity index (χ0n) is 10.6. The van der Waals surface area contributed by atoms with Gasteiger partial charge in [0.05, 0.1) is 6.61 Å². The van der Waals surface area contributed by atoms with Gasteiger partial charge in [0.25, 0.3) is 0 Å². The monoisotopic (exact) mass is 236 g/mol. The van der Waals surface area contributed by atoms with Crippen molar-refractivity contribution in [3.05, 3.63) is 30.1 Å². The third-order valence-corrected chi connectivity index (χ3v) is 2.46. The van der Waals surface area contributed by atoms with Gasteiger partial charge in [-0.2, -0.15) is 0 Å². The molecule has 0 spiro atoms. The van der Waals surface area contributed by atoms with E-state index in [0.717, 1.165) is 5.56 Å². The van der Waals surface area contributed by atoms with E-state index in [0.29, 0.717) is 13.2 Å². The number of nitrogens with one attached hydrogen (secondary N) is 1. The van der Waals surface area contributed by atoms with Crippen LogP contribution >= 0.6 is 0 Å². The first-order chi connectivity index (χ1) is 8.15. The maximum Gasteiger partial charge on any atom is 0.323 e. The molecule has 1 aromatic rings. The smallest absolute Gasteiger partial charge is 0.323 e. The molecule has 0 aliphatic heterocycles. The Balaban J connectivity index is 2.53. The van der Waals surface area contributed by atoms with Gasteiger partial charge < -0.3 is 10.1 Å². The Hall–Kier alpha value is -1.42. The van der Waals surface area contributed by atoms with E-state index in [2.05, 4.69) is 10.3 Å². The fourth-order valence-corrected chi connectivity index (χ4v) is 1.55. The van der Waals surface area contributed by atoms with Gasteiger partial charge in [0.15, 0.2) is 0 Å². The lowest BCUT2D eigenvalue weighted by Crippen LogP contribution is -2.41. The van der Waals surface area contributed by atoms with E-state index in [-0.39, 0.29) is 17.9 Å². The summed E-state index contributed by atoms with van der Waals surface area (Å²) in [4.78, 5) is 15.7. The van der Waals surface area contributed by atoms with Crippen LogP contribution in [0, 0.1) is 5.92 Å². The van der Waals surface area contributed by atoms with Gasteiger partial charge in [-0.15, -0.1) is 0 Å². The maximum absolute atomic E-state index is 11.7. The molecule has 0 aliphatic rings. The number of pyridine rings is 1. The summed E-state index contributed by atoms with van der Waals surface area (Å²) in [7, 11) is 0. The number of aromatic nitrogens is 1. The van der Waals surface area contributed by atoms with Crippen LogP contribution in [-0.4, -0.2) is 23.6 Å². The summed E-state index contributed by atoms with van der Waals surface area (Å²) in [6, 6.07) is 3.59. The van der Waals surface area contributed by atoms with Crippen LogP contribution in [0.1, 0.15) is 26.3 Å². The molecule has 94 valence electrons. The van der Waals surface area contributed by atoms with Gasteiger partial charge in [0.1, 0.15) is 6.04 Å². The number of carbonyl (C=O) groups excluding carboxylic acids is 1. The van der Waals surface area contributed by atoms with Crippen LogP contribution in [0.3, 0.4) is 0 Å². The second-order valence-corrected chi connectivity index (χ2v) is 4.22. The van der Waals surface area contributed by atoms with Crippen LogP contribution in [0.15, 0.2) is 24.5 Å². The second kappa shape index (κ2) is 7.01. The second-order valence-electron chi connectivity index (χ2n) is 4.22. The van der Waals surface area contributed by atoms with Gasteiger partial charge in [-0.05, 0) is 24.5 Å². The molecular weight excluding hydrogens is 216 g/mol. The van der Waals surface area contributed by atoms with Crippen molar-refractivity contribution in [1.82, 2.24) is 10.3 Å². The van der Waals surface area contributed by atoms with E-state index in [4.69, 9.17) is 4.74 Å². The minimum absolute atomic E-state index is 0.189. The fourth-order valence-electron chi connectivity index (χ4n) is 1.55. The largest absolute Gasteiger partial charge is 0.465 e. The van der Waals surface area contributed by atoms with Crippen LogP contribution in [0.4, 0.5) is 0 Å². The number of ether oxygens (including phenoxy) is 1. The molecule has 17 heavy (non-hydrogen) atoms. The number of hydrogen-bond donors (Lipinski definition) is 1. The molecule has 1 rings (SSSR count). The molecule has 1 atom stereocenters. The van der Waals surface area contributed by atoms with Crippen LogP contribution < -0.4 is 5.32 Å². The van der Waals surface area contributed by atoms with E-state index in [9.17, 15) is 4.79 Å². The lowest BCUT2D eigenvalue weighted by atomic mass is 10.0. The molecule has 0 amide bonds. The third-order valence-electron chi connectivity index (χ3n) is 2.46. The van der Waals surface area contributed by atoms with Crippen molar-refractivity contribution in [3.63, 3.8) is 0 Å². The van der Waals surface area contributed by atoms with Gasteiger partial charge in [0, 0.05) is 18.9 Å². The predicted molar refractivity (Wildman–Crippen MR) is 66.3 cm³/mol. The molecule has 0 aliphatic carbocycles. The van der Waals surface area contributed by atoms with Crippen LogP contribution in [0.25, 0.3) is 0 Å². The van der Waals surface area contributed by atoms with Crippen molar-refractivity contribution in [2.75, 3.05) is 6.61 Å². The Morgan fingerprint density at radius 3 is 2.82 bits per heavy atom. The normalized spacial score (nSPS) is 12.5. The van der Waals surface area contributed by atoms with Crippen molar-refractivity contribution in [2.45, 2.75) is 33.4 Å². The number of hydrogen-bond acceptors (Lipinski definition) is 4. The molecule has 4 heteroatoms.